The highest BCUT2D eigenvalue weighted by atomic mass is 32.1. The van der Waals surface area contributed by atoms with E-state index in [-0.39, 0.29) is 0 Å². The van der Waals surface area contributed by atoms with Crippen molar-refractivity contribution in [1.29, 1.82) is 0 Å². The summed E-state index contributed by atoms with van der Waals surface area (Å²) in [4.78, 5) is 13.5. The molecule has 0 amide bonds. The van der Waals surface area contributed by atoms with Crippen LogP contribution in [-0.4, -0.2) is 42.4 Å². The Bertz CT molecular complexity index is 1130. The van der Waals surface area contributed by atoms with Crippen molar-refractivity contribution in [3.05, 3.63) is 65.5 Å². The number of thiocarbonyl (C=S) groups is 1. The maximum Gasteiger partial charge on any atom is 0.229 e. The number of aliphatic imine (C=N–C) groups is 1. The van der Waals surface area contributed by atoms with Crippen molar-refractivity contribution in [1.82, 2.24) is 15.3 Å². The zero-order valence-electron chi connectivity index (χ0n) is 19.8. The highest BCUT2D eigenvalue weighted by Crippen LogP contribution is 2.25. The molecule has 3 rings (SSSR count). The van der Waals surface area contributed by atoms with E-state index >= 15 is 0 Å². The molecular formula is C24H28N6O3S. The number of benzene rings is 2. The number of anilines is 2. The van der Waals surface area contributed by atoms with Crippen LogP contribution in [-0.2, 0) is 6.54 Å². The van der Waals surface area contributed by atoms with Crippen molar-refractivity contribution in [2.75, 3.05) is 32.0 Å². The fourth-order valence-corrected chi connectivity index (χ4v) is 3.26. The summed E-state index contributed by atoms with van der Waals surface area (Å²) < 4.78 is 15.9. The second-order valence-electron chi connectivity index (χ2n) is 7.29. The maximum atomic E-state index is 5.52. The lowest BCUT2D eigenvalue weighted by atomic mass is 10.2. The number of aryl methyl sites for hydroxylation is 2. The smallest absolute Gasteiger partial charge is 0.229 e. The van der Waals surface area contributed by atoms with Crippen LogP contribution >= 0.6 is 12.2 Å². The lowest BCUT2D eigenvalue weighted by Gasteiger charge is -2.15. The summed E-state index contributed by atoms with van der Waals surface area (Å²) in [6, 6.07) is 15.0. The van der Waals surface area contributed by atoms with Crippen LogP contribution in [0.3, 0.4) is 0 Å². The number of nitrogens with one attached hydrogen (secondary N) is 3. The monoisotopic (exact) mass is 480 g/mol. The van der Waals surface area contributed by atoms with Crippen molar-refractivity contribution < 1.29 is 14.2 Å². The largest absolute Gasteiger partial charge is 0.497 e. The second kappa shape index (κ2) is 11.8. The molecule has 10 heteroatoms. The van der Waals surface area contributed by atoms with Crippen molar-refractivity contribution in [3.63, 3.8) is 0 Å². The molecule has 0 atom stereocenters. The van der Waals surface area contributed by atoms with Crippen LogP contribution in [0.1, 0.15) is 17.0 Å². The molecule has 3 aromatic rings. The molecule has 34 heavy (non-hydrogen) atoms. The lowest BCUT2D eigenvalue weighted by molar-refractivity contribution is 0.395. The molecule has 3 N–H and O–H groups in total. The minimum Gasteiger partial charge on any atom is -0.497 e. The first kappa shape index (κ1) is 24.7. The number of methoxy groups -OCH3 is 3. The summed E-state index contributed by atoms with van der Waals surface area (Å²) in [5, 5.41) is 9.67. The van der Waals surface area contributed by atoms with E-state index in [2.05, 4.69) is 30.9 Å². The number of ether oxygens (including phenoxy) is 3. The Morgan fingerprint density at radius 1 is 0.824 bits per heavy atom. The SMILES string of the molecule is COc1ccc(CN=C(NC(=S)Nc2cc(OC)cc(OC)c2)Nc2nc(C)cc(C)n2)cc1. The zero-order chi connectivity index (χ0) is 24.5. The van der Waals surface area contributed by atoms with E-state index in [1.165, 1.54) is 0 Å². The summed E-state index contributed by atoms with van der Waals surface area (Å²) >= 11 is 5.52. The average molecular weight is 481 g/mol. The summed E-state index contributed by atoms with van der Waals surface area (Å²) in [6.45, 7) is 4.22. The summed E-state index contributed by atoms with van der Waals surface area (Å²) in [5.74, 6) is 2.88. The van der Waals surface area contributed by atoms with Crippen molar-refractivity contribution in [2.24, 2.45) is 4.99 Å². The van der Waals surface area contributed by atoms with Gasteiger partial charge in [-0.25, -0.2) is 15.0 Å². The summed E-state index contributed by atoms with van der Waals surface area (Å²) in [5.41, 5.74) is 3.38. The van der Waals surface area contributed by atoms with Crippen LogP contribution in [0.2, 0.25) is 0 Å². The Morgan fingerprint density at radius 2 is 1.41 bits per heavy atom. The van der Waals surface area contributed by atoms with Crippen LogP contribution in [0.5, 0.6) is 17.2 Å². The third-order valence-electron chi connectivity index (χ3n) is 4.63. The van der Waals surface area contributed by atoms with E-state index in [1.807, 2.05) is 56.3 Å². The quantitative estimate of drug-likeness (QED) is 0.262. The van der Waals surface area contributed by atoms with E-state index in [9.17, 15) is 0 Å². The fourth-order valence-electron chi connectivity index (χ4n) is 3.05. The van der Waals surface area contributed by atoms with E-state index < -0.39 is 0 Å². The first-order chi connectivity index (χ1) is 16.4. The Balaban J connectivity index is 1.79. The maximum absolute atomic E-state index is 5.52. The molecule has 0 radical (unpaired) electrons. The predicted molar refractivity (Wildman–Crippen MR) is 138 cm³/mol. The Labute approximate surface area is 204 Å². The van der Waals surface area contributed by atoms with E-state index in [0.717, 1.165) is 22.7 Å². The number of nitrogens with zero attached hydrogens (tertiary/aromatic N) is 3. The second-order valence-corrected chi connectivity index (χ2v) is 7.70. The Hall–Kier alpha value is -3.92. The molecule has 9 nitrogen and oxygen atoms in total. The lowest BCUT2D eigenvalue weighted by Crippen LogP contribution is -2.39. The minimum atomic E-state index is 0.320. The van der Waals surface area contributed by atoms with E-state index in [1.54, 1.807) is 27.4 Å². The first-order valence-electron chi connectivity index (χ1n) is 10.5. The highest BCUT2D eigenvalue weighted by Gasteiger charge is 2.09. The molecule has 0 aliphatic heterocycles. The molecule has 0 unspecified atom stereocenters. The van der Waals surface area contributed by atoms with Gasteiger partial charge in [-0.2, -0.15) is 0 Å². The molecule has 1 heterocycles. The van der Waals surface area contributed by atoms with Gasteiger partial charge in [0.05, 0.1) is 27.9 Å². The normalized spacial score (nSPS) is 10.9. The first-order valence-corrected chi connectivity index (χ1v) is 10.9. The van der Waals surface area contributed by atoms with Crippen molar-refractivity contribution in [2.45, 2.75) is 20.4 Å². The highest BCUT2D eigenvalue weighted by molar-refractivity contribution is 7.80. The van der Waals surface area contributed by atoms with Gasteiger partial charge in [0, 0.05) is 35.3 Å². The topological polar surface area (TPSA) is 102 Å². The zero-order valence-corrected chi connectivity index (χ0v) is 20.6. The van der Waals surface area contributed by atoms with Gasteiger partial charge in [-0.05, 0) is 49.8 Å². The molecule has 1 aromatic heterocycles. The van der Waals surface area contributed by atoms with Crippen LogP contribution < -0.4 is 30.2 Å². The van der Waals surface area contributed by atoms with Gasteiger partial charge in [0.2, 0.25) is 11.9 Å². The molecule has 0 aliphatic rings. The molecule has 0 saturated heterocycles. The summed E-state index contributed by atoms with van der Waals surface area (Å²) in [7, 11) is 4.81. The van der Waals surface area contributed by atoms with Gasteiger partial charge in [0.15, 0.2) is 5.11 Å². The number of hydrogen-bond donors (Lipinski definition) is 3. The van der Waals surface area contributed by atoms with Gasteiger partial charge in [0.1, 0.15) is 17.2 Å². The van der Waals surface area contributed by atoms with Crippen molar-refractivity contribution in [3.8, 4) is 17.2 Å². The number of rotatable bonds is 7. The third-order valence-corrected chi connectivity index (χ3v) is 4.84. The average Bonchev–Trinajstić information content (AvgIpc) is 2.81. The molecule has 2 aromatic carbocycles. The van der Waals surface area contributed by atoms with E-state index in [4.69, 9.17) is 26.4 Å². The van der Waals surface area contributed by atoms with E-state index in [0.29, 0.717) is 40.8 Å². The van der Waals surface area contributed by atoms with Gasteiger partial charge in [0.25, 0.3) is 0 Å². The number of aromatic nitrogens is 2. The molecule has 0 bridgehead atoms. The van der Waals surface area contributed by atoms with Gasteiger partial charge in [-0.3, -0.25) is 5.32 Å². The van der Waals surface area contributed by atoms with Crippen LogP contribution in [0, 0.1) is 13.8 Å². The van der Waals surface area contributed by atoms with Crippen LogP contribution in [0.25, 0.3) is 0 Å². The Kier molecular flexibility index (Phi) is 8.58. The summed E-state index contributed by atoms with van der Waals surface area (Å²) in [6.07, 6.45) is 0. The van der Waals surface area contributed by atoms with Crippen LogP contribution in [0.15, 0.2) is 53.5 Å². The molecule has 0 fully saturated rings. The number of hydrogen-bond acceptors (Lipinski definition) is 7. The molecule has 178 valence electrons. The Morgan fingerprint density at radius 3 is 1.97 bits per heavy atom. The predicted octanol–water partition coefficient (Wildman–Crippen LogP) is 4.07. The molecule has 0 spiro atoms. The third kappa shape index (κ3) is 7.31. The van der Waals surface area contributed by atoms with Gasteiger partial charge in [-0.1, -0.05) is 12.1 Å². The minimum absolute atomic E-state index is 0.320. The van der Waals surface area contributed by atoms with Gasteiger partial charge < -0.3 is 24.8 Å². The number of guanidine groups is 1. The van der Waals surface area contributed by atoms with Crippen LogP contribution in [0.4, 0.5) is 11.6 Å². The van der Waals surface area contributed by atoms with Gasteiger partial charge in [-0.15, -0.1) is 0 Å². The van der Waals surface area contributed by atoms with Crippen molar-refractivity contribution >= 4 is 34.9 Å². The molecule has 0 aliphatic carbocycles. The molecular weight excluding hydrogens is 452 g/mol. The fraction of sp³-hybridized carbons (Fsp3) is 0.250. The van der Waals surface area contributed by atoms with Gasteiger partial charge >= 0.3 is 0 Å². The molecule has 0 saturated carbocycles. The standard InChI is InChI=1S/C24H28N6O3S/c1-15-10-16(2)27-23(26-15)29-22(25-14-17-6-8-19(31-3)9-7-17)30-24(34)28-18-11-20(32-4)13-21(12-18)33-5/h6-13H,14H2,1-5H3,(H3,25,26,27,28,29,30,34).